The van der Waals surface area contributed by atoms with Crippen LogP contribution in [0.15, 0.2) is 54.7 Å². The van der Waals surface area contributed by atoms with Crippen LogP contribution in [0, 0.1) is 18.6 Å². The van der Waals surface area contributed by atoms with E-state index in [0.29, 0.717) is 12.4 Å². The van der Waals surface area contributed by atoms with Crippen LogP contribution in [-0.4, -0.2) is 9.97 Å². The van der Waals surface area contributed by atoms with E-state index in [1.165, 1.54) is 17.7 Å². The van der Waals surface area contributed by atoms with Crippen LogP contribution in [0.4, 0.5) is 14.6 Å². The molecule has 0 spiro atoms. The van der Waals surface area contributed by atoms with Crippen LogP contribution in [0.5, 0.6) is 0 Å². The van der Waals surface area contributed by atoms with Crippen LogP contribution in [0.25, 0.3) is 11.4 Å². The Morgan fingerprint density at radius 2 is 1.91 bits per heavy atom. The second-order valence-corrected chi connectivity index (χ2v) is 5.23. The molecule has 1 N–H and O–H groups in total. The second kappa shape index (κ2) is 6.52. The van der Waals surface area contributed by atoms with Gasteiger partial charge in [-0.05, 0) is 30.7 Å². The molecule has 3 aromatic rings. The van der Waals surface area contributed by atoms with Crippen molar-refractivity contribution in [2.75, 3.05) is 5.32 Å². The molecule has 1 heterocycles. The van der Waals surface area contributed by atoms with E-state index >= 15 is 0 Å². The molecule has 23 heavy (non-hydrogen) atoms. The number of hydrogen-bond donors (Lipinski definition) is 1. The molecule has 0 radical (unpaired) electrons. The number of aryl methyl sites for hydroxylation is 1. The number of nitrogens with one attached hydrogen (secondary N) is 1. The molecule has 5 heteroatoms. The van der Waals surface area contributed by atoms with Crippen molar-refractivity contribution in [2.24, 2.45) is 0 Å². The van der Waals surface area contributed by atoms with Crippen LogP contribution in [0.3, 0.4) is 0 Å². The Labute approximate surface area is 133 Å². The number of hydrogen-bond acceptors (Lipinski definition) is 3. The van der Waals surface area contributed by atoms with E-state index in [1.54, 1.807) is 12.3 Å². The number of benzene rings is 2. The zero-order chi connectivity index (χ0) is 16.2. The summed E-state index contributed by atoms with van der Waals surface area (Å²) in [5, 5.41) is 3.18. The van der Waals surface area contributed by atoms with Crippen molar-refractivity contribution in [3.05, 3.63) is 77.5 Å². The molecule has 116 valence electrons. The summed E-state index contributed by atoms with van der Waals surface area (Å²) in [6, 6.07) is 13.2. The fourth-order valence-corrected chi connectivity index (χ4v) is 2.27. The minimum absolute atomic E-state index is 0.172. The van der Waals surface area contributed by atoms with E-state index in [4.69, 9.17) is 0 Å². The molecule has 0 aliphatic carbocycles. The van der Waals surface area contributed by atoms with Gasteiger partial charge >= 0.3 is 0 Å². The van der Waals surface area contributed by atoms with Crippen molar-refractivity contribution in [1.29, 1.82) is 0 Å². The van der Waals surface area contributed by atoms with Gasteiger partial charge in [0.15, 0.2) is 5.82 Å². The molecule has 0 bridgehead atoms. The van der Waals surface area contributed by atoms with Crippen LogP contribution < -0.4 is 5.32 Å². The van der Waals surface area contributed by atoms with E-state index in [-0.39, 0.29) is 11.4 Å². The van der Waals surface area contributed by atoms with E-state index in [0.717, 1.165) is 11.6 Å². The van der Waals surface area contributed by atoms with Gasteiger partial charge in [-0.25, -0.2) is 18.7 Å². The number of rotatable bonds is 4. The summed E-state index contributed by atoms with van der Waals surface area (Å²) in [6.07, 6.45) is 1.55. The first-order valence-electron chi connectivity index (χ1n) is 7.20. The molecule has 2 aromatic carbocycles. The summed E-state index contributed by atoms with van der Waals surface area (Å²) >= 11 is 0. The van der Waals surface area contributed by atoms with Crippen LogP contribution in [0.2, 0.25) is 0 Å². The Morgan fingerprint density at radius 3 is 2.70 bits per heavy atom. The quantitative estimate of drug-likeness (QED) is 0.779. The highest BCUT2D eigenvalue weighted by molar-refractivity contribution is 5.57. The van der Waals surface area contributed by atoms with E-state index in [9.17, 15) is 8.78 Å². The fourth-order valence-electron chi connectivity index (χ4n) is 2.27. The molecule has 3 rings (SSSR count). The second-order valence-electron chi connectivity index (χ2n) is 5.23. The third kappa shape index (κ3) is 3.69. The molecular weight excluding hydrogens is 296 g/mol. The van der Waals surface area contributed by atoms with Gasteiger partial charge in [-0.15, -0.1) is 0 Å². The highest BCUT2D eigenvalue weighted by atomic mass is 19.1. The molecule has 0 saturated heterocycles. The lowest BCUT2D eigenvalue weighted by atomic mass is 10.1. The Balaban J connectivity index is 1.80. The van der Waals surface area contributed by atoms with Gasteiger partial charge in [0, 0.05) is 18.8 Å². The number of aromatic nitrogens is 2. The molecule has 0 aliphatic rings. The normalized spacial score (nSPS) is 10.6. The van der Waals surface area contributed by atoms with Crippen LogP contribution >= 0.6 is 0 Å². The van der Waals surface area contributed by atoms with Gasteiger partial charge in [-0.1, -0.05) is 29.8 Å². The molecule has 0 atom stereocenters. The van der Waals surface area contributed by atoms with E-state index < -0.39 is 11.6 Å². The van der Waals surface area contributed by atoms with Gasteiger partial charge in [0.25, 0.3) is 0 Å². The summed E-state index contributed by atoms with van der Waals surface area (Å²) in [4.78, 5) is 8.34. The largest absolute Gasteiger partial charge is 0.366 e. The molecule has 0 saturated carbocycles. The predicted octanol–water partition coefficient (Wildman–Crippen LogP) is 4.34. The van der Waals surface area contributed by atoms with Crippen molar-refractivity contribution in [1.82, 2.24) is 9.97 Å². The molecular formula is C18H15F2N3. The van der Waals surface area contributed by atoms with Gasteiger partial charge in [-0.2, -0.15) is 0 Å². The SMILES string of the molecule is Cc1cccc(CNc2ccnc(-c3ccc(F)cc3F)n2)c1. The lowest BCUT2D eigenvalue weighted by molar-refractivity contribution is 0.585. The summed E-state index contributed by atoms with van der Waals surface area (Å²) in [5.74, 6) is -0.502. The maximum Gasteiger partial charge on any atom is 0.164 e. The summed E-state index contributed by atoms with van der Waals surface area (Å²) < 4.78 is 26.8. The van der Waals surface area contributed by atoms with Gasteiger partial charge in [-0.3, -0.25) is 0 Å². The highest BCUT2D eigenvalue weighted by Gasteiger charge is 2.09. The van der Waals surface area contributed by atoms with Gasteiger partial charge in [0.2, 0.25) is 0 Å². The Kier molecular flexibility index (Phi) is 4.28. The Bertz CT molecular complexity index is 834. The first-order valence-corrected chi connectivity index (χ1v) is 7.20. The van der Waals surface area contributed by atoms with Crippen molar-refractivity contribution < 1.29 is 8.78 Å². The standard InChI is InChI=1S/C18H15F2N3/c1-12-3-2-4-13(9-12)11-22-17-7-8-21-18(23-17)15-6-5-14(19)10-16(15)20/h2-10H,11H2,1H3,(H,21,22,23). The highest BCUT2D eigenvalue weighted by Crippen LogP contribution is 2.21. The Morgan fingerprint density at radius 1 is 1.04 bits per heavy atom. The lowest BCUT2D eigenvalue weighted by Crippen LogP contribution is -2.03. The number of anilines is 1. The fraction of sp³-hybridized carbons (Fsp3) is 0.111. The third-order valence-electron chi connectivity index (χ3n) is 3.38. The molecule has 0 fully saturated rings. The van der Waals surface area contributed by atoms with Gasteiger partial charge in [0.1, 0.15) is 17.5 Å². The Hall–Kier alpha value is -2.82. The summed E-state index contributed by atoms with van der Waals surface area (Å²) in [5.41, 5.74) is 2.48. The molecule has 0 unspecified atom stereocenters. The number of halogens is 2. The average Bonchev–Trinajstić information content (AvgIpc) is 2.53. The monoisotopic (exact) mass is 311 g/mol. The van der Waals surface area contributed by atoms with Crippen molar-refractivity contribution in [3.8, 4) is 11.4 Å². The molecule has 3 nitrogen and oxygen atoms in total. The third-order valence-corrected chi connectivity index (χ3v) is 3.38. The maximum absolute atomic E-state index is 13.8. The zero-order valence-corrected chi connectivity index (χ0v) is 12.6. The average molecular weight is 311 g/mol. The zero-order valence-electron chi connectivity index (χ0n) is 12.6. The number of nitrogens with zero attached hydrogens (tertiary/aromatic N) is 2. The minimum Gasteiger partial charge on any atom is -0.366 e. The van der Waals surface area contributed by atoms with Gasteiger partial charge < -0.3 is 5.32 Å². The first kappa shape index (κ1) is 15.1. The smallest absolute Gasteiger partial charge is 0.164 e. The molecule has 0 aliphatic heterocycles. The van der Waals surface area contributed by atoms with E-state index in [1.807, 2.05) is 25.1 Å². The summed E-state index contributed by atoms with van der Waals surface area (Å²) in [7, 11) is 0. The predicted molar refractivity (Wildman–Crippen MR) is 85.9 cm³/mol. The lowest BCUT2D eigenvalue weighted by Gasteiger charge is -2.08. The topological polar surface area (TPSA) is 37.8 Å². The van der Waals surface area contributed by atoms with Crippen molar-refractivity contribution in [3.63, 3.8) is 0 Å². The molecule has 1 aromatic heterocycles. The summed E-state index contributed by atoms with van der Waals surface area (Å²) in [6.45, 7) is 2.63. The molecule has 0 amide bonds. The van der Waals surface area contributed by atoms with E-state index in [2.05, 4.69) is 21.4 Å². The minimum atomic E-state index is -0.680. The van der Waals surface area contributed by atoms with Crippen molar-refractivity contribution >= 4 is 5.82 Å². The maximum atomic E-state index is 13.8. The van der Waals surface area contributed by atoms with Crippen LogP contribution in [-0.2, 0) is 6.54 Å². The van der Waals surface area contributed by atoms with Gasteiger partial charge in [0.05, 0.1) is 5.56 Å². The first-order chi connectivity index (χ1) is 11.1. The van der Waals surface area contributed by atoms with Crippen molar-refractivity contribution in [2.45, 2.75) is 13.5 Å². The van der Waals surface area contributed by atoms with Crippen LogP contribution in [0.1, 0.15) is 11.1 Å².